The highest BCUT2D eigenvalue weighted by atomic mass is 14.0. The molecule has 0 aliphatic carbocycles. The highest BCUT2D eigenvalue weighted by Crippen LogP contribution is 2.13. The van der Waals surface area contributed by atoms with Gasteiger partial charge in [-0.2, -0.15) is 0 Å². The van der Waals surface area contributed by atoms with Crippen LogP contribution >= 0.6 is 0 Å². The monoisotopic (exact) mass is 152 g/mol. The summed E-state index contributed by atoms with van der Waals surface area (Å²) < 4.78 is 0. The van der Waals surface area contributed by atoms with Gasteiger partial charge in [0.25, 0.3) is 0 Å². The molecule has 0 bridgehead atoms. The smallest absolute Gasteiger partial charge is 0.0308 e. The van der Waals surface area contributed by atoms with Crippen LogP contribution in [-0.4, -0.2) is 0 Å². The minimum atomic E-state index is 1.08. The Morgan fingerprint density at radius 1 is 1.18 bits per heavy atom. The maximum absolute atomic E-state index is 3.95. The van der Waals surface area contributed by atoms with Crippen LogP contribution in [0.2, 0.25) is 0 Å². The van der Waals surface area contributed by atoms with Gasteiger partial charge in [-0.25, -0.2) is 0 Å². The lowest BCUT2D eigenvalue weighted by Gasteiger charge is -2.03. The molecule has 0 fully saturated rings. The summed E-state index contributed by atoms with van der Waals surface area (Å²) in [4.78, 5) is 0. The van der Waals surface area contributed by atoms with Crippen molar-refractivity contribution in [3.63, 3.8) is 0 Å². The van der Waals surface area contributed by atoms with Crippen LogP contribution in [0.25, 0.3) is 0 Å². The molecule has 0 saturated carbocycles. The third-order valence-electron chi connectivity index (χ3n) is 1.61. The van der Waals surface area contributed by atoms with Crippen molar-refractivity contribution in [1.29, 1.82) is 0 Å². The van der Waals surface area contributed by atoms with E-state index in [4.69, 9.17) is 0 Å². The molecule has 0 heterocycles. The van der Waals surface area contributed by atoms with E-state index < -0.39 is 0 Å². The first-order valence-electron chi connectivity index (χ1n) is 4.09. The van der Waals surface area contributed by atoms with Crippen LogP contribution in [-0.2, 0) is 0 Å². The van der Waals surface area contributed by atoms with E-state index in [1.54, 1.807) is 0 Å². The molecule has 0 amide bonds. The number of hydrogen-bond donors (Lipinski definition) is 0. The van der Waals surface area contributed by atoms with E-state index in [1.165, 1.54) is 11.1 Å². The van der Waals surface area contributed by atoms with Gasteiger partial charge in [0, 0.05) is 0 Å². The maximum Gasteiger partial charge on any atom is -0.0308 e. The number of rotatable bonds is 3. The van der Waals surface area contributed by atoms with Crippen LogP contribution in [0.3, 0.4) is 0 Å². The molecule has 0 radical (unpaired) electrons. The van der Waals surface area contributed by atoms with Crippen LogP contribution in [0, 0.1) is 0 Å². The van der Waals surface area contributed by atoms with Gasteiger partial charge in [-0.1, -0.05) is 32.1 Å². The Balaban J connectivity index is 0. The molecule has 0 N–H and O–H groups in total. The van der Waals surface area contributed by atoms with E-state index in [2.05, 4.69) is 46.6 Å². The minimum Gasteiger partial charge on any atom is -0.106 e. The first-order chi connectivity index (χ1) is 5.26. The van der Waals surface area contributed by atoms with Gasteiger partial charge in [-0.3, -0.25) is 0 Å². The van der Waals surface area contributed by atoms with Gasteiger partial charge in [0.1, 0.15) is 0 Å². The number of allylic oxidation sites excluding steroid dienone is 3. The second-order valence-corrected chi connectivity index (χ2v) is 2.12. The molecule has 11 heavy (non-hydrogen) atoms. The zero-order valence-electron chi connectivity index (χ0n) is 8.11. The SMILES string of the molecule is C=C.C=C(CC)/C(=C\C)CC. The highest BCUT2D eigenvalue weighted by Gasteiger charge is 1.93. The van der Waals surface area contributed by atoms with Crippen molar-refractivity contribution in [3.8, 4) is 0 Å². The molecule has 0 aromatic carbocycles. The summed E-state index contributed by atoms with van der Waals surface area (Å²) in [5.41, 5.74) is 2.68. The third kappa shape index (κ3) is 5.65. The minimum absolute atomic E-state index is 1.08. The fourth-order valence-electron chi connectivity index (χ4n) is 0.885. The van der Waals surface area contributed by atoms with Gasteiger partial charge in [-0.15, -0.1) is 13.2 Å². The Hall–Kier alpha value is -0.780. The molecule has 0 aromatic heterocycles. The van der Waals surface area contributed by atoms with Crippen molar-refractivity contribution in [1.82, 2.24) is 0 Å². The van der Waals surface area contributed by atoms with E-state index >= 15 is 0 Å². The predicted molar refractivity (Wildman–Crippen MR) is 54.7 cm³/mol. The normalized spacial score (nSPS) is 9.91. The van der Waals surface area contributed by atoms with Crippen molar-refractivity contribution < 1.29 is 0 Å². The molecule has 0 rings (SSSR count). The zero-order valence-corrected chi connectivity index (χ0v) is 8.11. The summed E-state index contributed by atoms with van der Waals surface area (Å²) in [5.74, 6) is 0. The van der Waals surface area contributed by atoms with E-state index in [-0.39, 0.29) is 0 Å². The summed E-state index contributed by atoms with van der Waals surface area (Å²) in [6.45, 7) is 16.3. The lowest BCUT2D eigenvalue weighted by atomic mass is 10.0. The molecule has 0 saturated heterocycles. The second-order valence-electron chi connectivity index (χ2n) is 2.12. The Bertz CT molecular complexity index is 129. The molecule has 0 aliphatic heterocycles. The average molecular weight is 152 g/mol. The number of hydrogen-bond acceptors (Lipinski definition) is 0. The fraction of sp³-hybridized carbons (Fsp3) is 0.455. The zero-order chi connectivity index (χ0) is 9.28. The predicted octanol–water partition coefficient (Wildman–Crippen LogP) is 4.11. The fourth-order valence-corrected chi connectivity index (χ4v) is 0.885. The van der Waals surface area contributed by atoms with E-state index in [0.717, 1.165) is 12.8 Å². The van der Waals surface area contributed by atoms with Gasteiger partial charge >= 0.3 is 0 Å². The van der Waals surface area contributed by atoms with Crippen molar-refractivity contribution in [2.24, 2.45) is 0 Å². The summed E-state index contributed by atoms with van der Waals surface area (Å²) in [6, 6.07) is 0. The first-order valence-corrected chi connectivity index (χ1v) is 4.09. The summed E-state index contributed by atoms with van der Waals surface area (Å²) >= 11 is 0. The van der Waals surface area contributed by atoms with Crippen LogP contribution in [0.4, 0.5) is 0 Å². The van der Waals surface area contributed by atoms with Crippen LogP contribution in [0.1, 0.15) is 33.6 Å². The van der Waals surface area contributed by atoms with Crippen molar-refractivity contribution in [2.45, 2.75) is 33.6 Å². The highest BCUT2D eigenvalue weighted by molar-refractivity contribution is 5.26. The van der Waals surface area contributed by atoms with Gasteiger partial charge in [0.2, 0.25) is 0 Å². The summed E-state index contributed by atoms with van der Waals surface area (Å²) in [6.07, 6.45) is 4.34. The molecular formula is C11H20. The van der Waals surface area contributed by atoms with Gasteiger partial charge in [0.05, 0.1) is 0 Å². The van der Waals surface area contributed by atoms with E-state index in [0.29, 0.717) is 0 Å². The lowest BCUT2D eigenvalue weighted by Crippen LogP contribution is -1.82. The van der Waals surface area contributed by atoms with Gasteiger partial charge in [-0.05, 0) is 25.3 Å². The lowest BCUT2D eigenvalue weighted by molar-refractivity contribution is 1.03. The second kappa shape index (κ2) is 9.22. The Morgan fingerprint density at radius 3 is 1.73 bits per heavy atom. The first kappa shape index (κ1) is 12.9. The molecule has 0 aliphatic rings. The molecule has 0 atom stereocenters. The summed E-state index contributed by atoms with van der Waals surface area (Å²) in [7, 11) is 0. The molecular weight excluding hydrogens is 132 g/mol. The van der Waals surface area contributed by atoms with Crippen molar-refractivity contribution in [2.75, 3.05) is 0 Å². The Kier molecular flexibility index (Phi) is 10.8. The molecule has 0 spiro atoms. The van der Waals surface area contributed by atoms with Gasteiger partial charge in [0.15, 0.2) is 0 Å². The molecule has 0 aromatic rings. The van der Waals surface area contributed by atoms with E-state index in [1.807, 2.05) is 0 Å². The quantitative estimate of drug-likeness (QED) is 0.421. The van der Waals surface area contributed by atoms with Gasteiger partial charge < -0.3 is 0 Å². The summed E-state index contributed by atoms with van der Waals surface area (Å²) in [5, 5.41) is 0. The third-order valence-corrected chi connectivity index (χ3v) is 1.61. The maximum atomic E-state index is 3.95. The Morgan fingerprint density at radius 2 is 1.64 bits per heavy atom. The van der Waals surface area contributed by atoms with Crippen LogP contribution in [0.15, 0.2) is 37.0 Å². The van der Waals surface area contributed by atoms with E-state index in [9.17, 15) is 0 Å². The molecule has 0 heteroatoms. The standard InChI is InChI=1S/C9H16.C2H4/c1-5-8(4)9(6-2)7-3;1-2/h6H,4-5,7H2,1-3H3;1-2H2/b9-6-;. The molecule has 0 nitrogen and oxygen atoms in total. The van der Waals surface area contributed by atoms with Crippen molar-refractivity contribution in [3.05, 3.63) is 37.0 Å². The largest absolute Gasteiger partial charge is 0.106 e. The van der Waals surface area contributed by atoms with Crippen molar-refractivity contribution >= 4 is 0 Å². The average Bonchev–Trinajstić information content (AvgIpc) is 2.10. The molecule has 0 unspecified atom stereocenters. The Labute approximate surface area is 71.3 Å². The molecule has 64 valence electrons. The van der Waals surface area contributed by atoms with Crippen LogP contribution < -0.4 is 0 Å². The van der Waals surface area contributed by atoms with Crippen LogP contribution in [0.5, 0.6) is 0 Å². The topological polar surface area (TPSA) is 0 Å².